The monoisotopic (exact) mass is 230 g/mol. The van der Waals surface area contributed by atoms with Crippen molar-refractivity contribution in [3.63, 3.8) is 0 Å². The lowest BCUT2D eigenvalue weighted by atomic mass is 10.1. The lowest BCUT2D eigenvalue weighted by molar-refractivity contribution is 0.0617. The number of nitrogens with one attached hydrogen (secondary N) is 1. The second-order valence-corrected chi connectivity index (χ2v) is 4.57. The lowest BCUT2D eigenvalue weighted by Gasteiger charge is -2.20. The number of rotatable bonds is 2. The Balaban J connectivity index is 2.31. The second-order valence-electron chi connectivity index (χ2n) is 4.57. The summed E-state index contributed by atoms with van der Waals surface area (Å²) in [5.41, 5.74) is 4.16. The molecule has 1 aliphatic heterocycles. The van der Waals surface area contributed by atoms with Crippen molar-refractivity contribution in [3.8, 4) is 0 Å². The van der Waals surface area contributed by atoms with Crippen LogP contribution in [0, 0.1) is 0 Å². The fourth-order valence-corrected chi connectivity index (χ4v) is 2.79. The number of hydrogen-bond acceptors (Lipinski definition) is 2. The Hall–Kier alpha value is -1.32. The molecular formula is C14H18N2O. The highest BCUT2D eigenvalue weighted by molar-refractivity contribution is 5.86. The molecule has 0 bridgehead atoms. The predicted octanol–water partition coefficient (Wildman–Crippen LogP) is 2.45. The second kappa shape index (κ2) is 4.17. The Morgan fingerprint density at radius 3 is 3.00 bits per heavy atom. The zero-order chi connectivity index (χ0) is 11.8. The van der Waals surface area contributed by atoms with Gasteiger partial charge in [0.25, 0.3) is 0 Å². The molecular weight excluding hydrogens is 212 g/mol. The SMILES string of the molecule is COC(C)n1c2c(c3ccccc31)CNCC2. The number of methoxy groups -OCH3 is 1. The minimum Gasteiger partial charge on any atom is -0.362 e. The first kappa shape index (κ1) is 10.8. The number of benzene rings is 1. The van der Waals surface area contributed by atoms with Crippen LogP contribution in [-0.4, -0.2) is 18.2 Å². The Morgan fingerprint density at radius 2 is 2.18 bits per heavy atom. The molecule has 0 saturated heterocycles. The van der Waals surface area contributed by atoms with Gasteiger partial charge in [0.1, 0.15) is 6.23 Å². The molecule has 1 aliphatic rings. The summed E-state index contributed by atoms with van der Waals surface area (Å²) >= 11 is 0. The van der Waals surface area contributed by atoms with Gasteiger partial charge >= 0.3 is 0 Å². The third-order valence-electron chi connectivity index (χ3n) is 3.67. The van der Waals surface area contributed by atoms with Crippen LogP contribution in [0.5, 0.6) is 0 Å². The summed E-state index contributed by atoms with van der Waals surface area (Å²) in [5, 5.41) is 4.81. The summed E-state index contributed by atoms with van der Waals surface area (Å²) in [5.74, 6) is 0. The summed E-state index contributed by atoms with van der Waals surface area (Å²) in [6, 6.07) is 8.60. The molecule has 90 valence electrons. The molecule has 0 saturated carbocycles. The number of hydrogen-bond donors (Lipinski definition) is 1. The molecule has 0 fully saturated rings. The Bertz CT molecular complexity index is 544. The average Bonchev–Trinajstić information content (AvgIpc) is 2.72. The van der Waals surface area contributed by atoms with Crippen LogP contribution in [0.15, 0.2) is 24.3 Å². The van der Waals surface area contributed by atoms with Crippen LogP contribution in [0.25, 0.3) is 10.9 Å². The zero-order valence-electron chi connectivity index (χ0n) is 10.4. The van der Waals surface area contributed by atoms with Crippen molar-refractivity contribution in [2.75, 3.05) is 13.7 Å². The molecule has 1 aromatic heterocycles. The van der Waals surface area contributed by atoms with Gasteiger partial charge in [-0.3, -0.25) is 0 Å². The molecule has 0 aliphatic carbocycles. The highest BCUT2D eigenvalue weighted by atomic mass is 16.5. The summed E-state index contributed by atoms with van der Waals surface area (Å²) < 4.78 is 7.85. The van der Waals surface area contributed by atoms with Crippen molar-refractivity contribution in [1.82, 2.24) is 9.88 Å². The van der Waals surface area contributed by atoms with Gasteiger partial charge in [0.2, 0.25) is 0 Å². The third-order valence-corrected chi connectivity index (χ3v) is 3.67. The Labute approximate surface area is 101 Å². The van der Waals surface area contributed by atoms with Gasteiger partial charge < -0.3 is 14.6 Å². The van der Waals surface area contributed by atoms with E-state index in [0.717, 1.165) is 19.5 Å². The molecule has 3 rings (SSSR count). The molecule has 0 amide bonds. The van der Waals surface area contributed by atoms with E-state index in [1.165, 1.54) is 22.2 Å². The smallest absolute Gasteiger partial charge is 0.131 e. The van der Waals surface area contributed by atoms with Gasteiger partial charge in [-0.15, -0.1) is 0 Å². The van der Waals surface area contributed by atoms with Crippen LogP contribution in [0.4, 0.5) is 0 Å². The first-order valence-corrected chi connectivity index (χ1v) is 6.17. The number of nitrogens with zero attached hydrogens (tertiary/aromatic N) is 1. The van der Waals surface area contributed by atoms with Crippen LogP contribution < -0.4 is 5.32 Å². The minimum atomic E-state index is 0.0988. The van der Waals surface area contributed by atoms with Crippen LogP contribution in [0.2, 0.25) is 0 Å². The maximum Gasteiger partial charge on any atom is 0.131 e. The van der Waals surface area contributed by atoms with Crippen molar-refractivity contribution >= 4 is 10.9 Å². The molecule has 0 spiro atoms. The van der Waals surface area contributed by atoms with Gasteiger partial charge in [-0.25, -0.2) is 0 Å². The summed E-state index contributed by atoms with van der Waals surface area (Å²) in [4.78, 5) is 0. The lowest BCUT2D eigenvalue weighted by Crippen LogP contribution is -2.25. The largest absolute Gasteiger partial charge is 0.362 e. The minimum absolute atomic E-state index is 0.0988. The molecule has 1 N–H and O–H groups in total. The highest BCUT2D eigenvalue weighted by Gasteiger charge is 2.21. The van der Waals surface area contributed by atoms with E-state index in [9.17, 15) is 0 Å². The summed E-state index contributed by atoms with van der Waals surface area (Å²) in [7, 11) is 1.77. The number of fused-ring (bicyclic) bond motifs is 3. The highest BCUT2D eigenvalue weighted by Crippen LogP contribution is 2.31. The topological polar surface area (TPSA) is 26.2 Å². The Kier molecular flexibility index (Phi) is 2.65. The van der Waals surface area contributed by atoms with Crippen molar-refractivity contribution in [3.05, 3.63) is 35.5 Å². The maximum absolute atomic E-state index is 5.51. The van der Waals surface area contributed by atoms with Gasteiger partial charge in [-0.2, -0.15) is 0 Å². The molecule has 0 radical (unpaired) electrons. The summed E-state index contributed by atoms with van der Waals surface area (Å²) in [6.07, 6.45) is 1.18. The maximum atomic E-state index is 5.51. The molecule has 1 unspecified atom stereocenters. The van der Waals surface area contributed by atoms with Crippen LogP contribution in [0.3, 0.4) is 0 Å². The first-order valence-electron chi connectivity index (χ1n) is 6.17. The fraction of sp³-hybridized carbons (Fsp3) is 0.429. The van der Waals surface area contributed by atoms with E-state index in [4.69, 9.17) is 4.74 Å². The van der Waals surface area contributed by atoms with Gasteiger partial charge in [0.05, 0.1) is 5.52 Å². The number of para-hydroxylation sites is 1. The fourth-order valence-electron chi connectivity index (χ4n) is 2.79. The van der Waals surface area contributed by atoms with Crippen molar-refractivity contribution in [2.24, 2.45) is 0 Å². The quantitative estimate of drug-likeness (QED) is 0.857. The molecule has 1 atom stereocenters. The van der Waals surface area contributed by atoms with E-state index in [0.29, 0.717) is 0 Å². The molecule has 17 heavy (non-hydrogen) atoms. The number of ether oxygens (including phenoxy) is 1. The molecule has 2 heterocycles. The van der Waals surface area contributed by atoms with E-state index >= 15 is 0 Å². The van der Waals surface area contributed by atoms with Crippen LogP contribution in [0.1, 0.15) is 24.4 Å². The van der Waals surface area contributed by atoms with Crippen LogP contribution in [-0.2, 0) is 17.7 Å². The summed E-state index contributed by atoms with van der Waals surface area (Å²) in [6.45, 7) is 4.13. The van der Waals surface area contributed by atoms with Gasteiger partial charge in [-0.1, -0.05) is 18.2 Å². The van der Waals surface area contributed by atoms with Gasteiger partial charge in [-0.05, 0) is 18.6 Å². The van der Waals surface area contributed by atoms with E-state index in [1.54, 1.807) is 7.11 Å². The molecule has 3 heteroatoms. The number of aromatic nitrogens is 1. The van der Waals surface area contributed by atoms with E-state index < -0.39 is 0 Å². The third kappa shape index (κ3) is 1.58. The normalized spacial score (nSPS) is 17.1. The molecule has 3 nitrogen and oxygen atoms in total. The zero-order valence-corrected chi connectivity index (χ0v) is 10.4. The van der Waals surface area contributed by atoms with E-state index in [1.807, 2.05) is 0 Å². The van der Waals surface area contributed by atoms with Gasteiger partial charge in [0.15, 0.2) is 0 Å². The van der Waals surface area contributed by atoms with Crippen LogP contribution >= 0.6 is 0 Å². The van der Waals surface area contributed by atoms with E-state index in [-0.39, 0.29) is 6.23 Å². The predicted molar refractivity (Wildman–Crippen MR) is 69.1 cm³/mol. The Morgan fingerprint density at radius 1 is 1.35 bits per heavy atom. The van der Waals surface area contributed by atoms with Crippen molar-refractivity contribution < 1.29 is 4.74 Å². The van der Waals surface area contributed by atoms with Crippen molar-refractivity contribution in [2.45, 2.75) is 26.1 Å². The average molecular weight is 230 g/mol. The molecule has 2 aromatic rings. The standard InChI is InChI=1S/C14H18N2O/c1-10(17-2)16-13-6-4-3-5-11(13)12-9-15-8-7-14(12)16/h3-6,10,15H,7-9H2,1-2H3. The van der Waals surface area contributed by atoms with Gasteiger partial charge in [0, 0.05) is 37.7 Å². The molecule has 1 aromatic carbocycles. The van der Waals surface area contributed by atoms with Crippen molar-refractivity contribution in [1.29, 1.82) is 0 Å². The van der Waals surface area contributed by atoms with E-state index in [2.05, 4.69) is 41.1 Å². The first-order chi connectivity index (χ1) is 8.33.